The lowest BCUT2D eigenvalue weighted by Gasteiger charge is -2.28. The van der Waals surface area contributed by atoms with Crippen LogP contribution in [-0.2, 0) is 0 Å². The number of fused-ring (bicyclic) bond motifs is 3. The molecule has 0 amide bonds. The summed E-state index contributed by atoms with van der Waals surface area (Å²) in [6, 6.07) is 101. The molecular formula is C66H46N2. The van der Waals surface area contributed by atoms with Gasteiger partial charge in [0.05, 0.1) is 16.7 Å². The fourth-order valence-electron chi connectivity index (χ4n) is 9.94. The van der Waals surface area contributed by atoms with Crippen LogP contribution in [0, 0.1) is 0 Å². The molecule has 0 fully saturated rings. The maximum atomic E-state index is 2.45. The number of hydrogen-bond donors (Lipinski definition) is 0. The van der Waals surface area contributed by atoms with Crippen molar-refractivity contribution < 1.29 is 0 Å². The van der Waals surface area contributed by atoms with Crippen LogP contribution in [0.5, 0.6) is 0 Å². The summed E-state index contributed by atoms with van der Waals surface area (Å²) in [5.74, 6) is 0. The van der Waals surface area contributed by atoms with E-state index in [9.17, 15) is 0 Å². The van der Waals surface area contributed by atoms with Crippen molar-refractivity contribution in [1.29, 1.82) is 0 Å². The van der Waals surface area contributed by atoms with Crippen LogP contribution in [0.1, 0.15) is 0 Å². The Hall–Kier alpha value is -8.98. The second-order valence-electron chi connectivity index (χ2n) is 17.3. The van der Waals surface area contributed by atoms with E-state index in [2.05, 4.69) is 289 Å². The highest BCUT2D eigenvalue weighted by Crippen LogP contribution is 2.45. The van der Waals surface area contributed by atoms with Crippen LogP contribution >= 0.6 is 0 Å². The summed E-state index contributed by atoms with van der Waals surface area (Å²) in [6.07, 6.45) is 0. The fourth-order valence-corrected chi connectivity index (χ4v) is 9.94. The van der Waals surface area contributed by atoms with E-state index in [1.54, 1.807) is 0 Å². The van der Waals surface area contributed by atoms with E-state index < -0.39 is 0 Å². The molecule has 0 radical (unpaired) electrons. The Morgan fingerprint density at radius 1 is 0.235 bits per heavy atom. The standard InChI is InChI=1S/C66H46N2/c1-5-20-47(21-6-1)49-36-38-50(39-37-49)55-42-54(48-22-7-2-8-23-48)44-58(45-55)68-65-35-18-16-33-62(65)63-46-53(40-41-66(63)68)61-32-15-17-34-64(61)67(56-27-11-4-12-28-56)57-29-19-26-52(43-57)60-31-14-13-30-59(60)51-24-9-3-10-25-51/h1-46H. The van der Waals surface area contributed by atoms with Gasteiger partial charge in [-0.2, -0.15) is 0 Å². The highest BCUT2D eigenvalue weighted by molar-refractivity contribution is 6.11. The molecule has 0 saturated carbocycles. The van der Waals surface area contributed by atoms with E-state index in [1.165, 1.54) is 71.9 Å². The first-order chi connectivity index (χ1) is 33.7. The second kappa shape index (κ2) is 17.8. The van der Waals surface area contributed by atoms with Crippen molar-refractivity contribution in [1.82, 2.24) is 4.57 Å². The lowest BCUT2D eigenvalue weighted by molar-refractivity contribution is 1.18. The average Bonchev–Trinajstić information content (AvgIpc) is 3.76. The summed E-state index contributed by atoms with van der Waals surface area (Å²) in [4.78, 5) is 2.40. The number of para-hydroxylation sites is 3. The molecule has 2 nitrogen and oxygen atoms in total. The quantitative estimate of drug-likeness (QED) is 0.133. The SMILES string of the molecule is c1ccc(-c2ccc(-c3cc(-c4ccccc4)cc(-n4c5ccccc5c5cc(-c6ccccc6N(c6ccccc6)c6cccc(-c7ccccc7-c7ccccc7)c6)ccc54)c3)cc2)cc1. The predicted octanol–water partition coefficient (Wildman–Crippen LogP) is 18.3. The summed E-state index contributed by atoms with van der Waals surface area (Å²) < 4.78 is 2.45. The van der Waals surface area contributed by atoms with Crippen molar-refractivity contribution in [2.24, 2.45) is 0 Å². The molecule has 0 N–H and O–H groups in total. The molecule has 68 heavy (non-hydrogen) atoms. The van der Waals surface area contributed by atoms with E-state index in [0.29, 0.717) is 0 Å². The van der Waals surface area contributed by atoms with Crippen molar-refractivity contribution >= 4 is 38.9 Å². The molecule has 0 aliphatic rings. The van der Waals surface area contributed by atoms with Gasteiger partial charge in [-0.25, -0.2) is 0 Å². The van der Waals surface area contributed by atoms with Gasteiger partial charge >= 0.3 is 0 Å². The lowest BCUT2D eigenvalue weighted by Crippen LogP contribution is -2.11. The van der Waals surface area contributed by atoms with Gasteiger partial charge in [0.15, 0.2) is 0 Å². The topological polar surface area (TPSA) is 8.17 Å². The largest absolute Gasteiger partial charge is 0.310 e. The molecule has 2 heteroatoms. The molecule has 12 rings (SSSR count). The van der Waals surface area contributed by atoms with Crippen LogP contribution in [0.15, 0.2) is 279 Å². The smallest absolute Gasteiger partial charge is 0.0541 e. The van der Waals surface area contributed by atoms with Crippen molar-refractivity contribution in [3.63, 3.8) is 0 Å². The first-order valence-electron chi connectivity index (χ1n) is 23.3. The van der Waals surface area contributed by atoms with E-state index in [0.717, 1.165) is 39.4 Å². The summed E-state index contributed by atoms with van der Waals surface area (Å²) >= 11 is 0. The van der Waals surface area contributed by atoms with Crippen LogP contribution in [0.2, 0.25) is 0 Å². The Labute approximate surface area is 397 Å². The van der Waals surface area contributed by atoms with Crippen molar-refractivity contribution in [3.8, 4) is 72.4 Å². The lowest BCUT2D eigenvalue weighted by atomic mass is 9.94. The zero-order valence-electron chi connectivity index (χ0n) is 37.5. The van der Waals surface area contributed by atoms with E-state index in [1.807, 2.05) is 0 Å². The monoisotopic (exact) mass is 866 g/mol. The summed E-state index contributed by atoms with van der Waals surface area (Å²) in [7, 11) is 0. The third kappa shape index (κ3) is 7.64. The minimum Gasteiger partial charge on any atom is -0.310 e. The molecule has 0 aliphatic heterocycles. The zero-order chi connectivity index (χ0) is 45.2. The number of hydrogen-bond acceptors (Lipinski definition) is 1. The average molecular weight is 867 g/mol. The first-order valence-corrected chi connectivity index (χ1v) is 23.3. The molecule has 0 unspecified atom stereocenters. The molecule has 320 valence electrons. The van der Waals surface area contributed by atoms with Gasteiger partial charge in [0.1, 0.15) is 0 Å². The number of nitrogens with zero attached hydrogens (tertiary/aromatic N) is 2. The highest BCUT2D eigenvalue weighted by Gasteiger charge is 2.21. The van der Waals surface area contributed by atoms with Crippen LogP contribution < -0.4 is 4.90 Å². The Morgan fingerprint density at radius 3 is 1.35 bits per heavy atom. The molecule has 0 saturated heterocycles. The van der Waals surface area contributed by atoms with Gasteiger partial charge in [0, 0.05) is 33.4 Å². The maximum absolute atomic E-state index is 2.45. The van der Waals surface area contributed by atoms with E-state index in [4.69, 9.17) is 0 Å². The molecule has 12 aromatic rings. The van der Waals surface area contributed by atoms with Crippen LogP contribution in [-0.4, -0.2) is 4.57 Å². The summed E-state index contributed by atoms with van der Waals surface area (Å²) in [5.41, 5.74) is 21.0. The van der Waals surface area contributed by atoms with Crippen LogP contribution in [0.3, 0.4) is 0 Å². The summed E-state index contributed by atoms with van der Waals surface area (Å²) in [5, 5.41) is 2.42. The Morgan fingerprint density at radius 2 is 0.676 bits per heavy atom. The molecule has 11 aromatic carbocycles. The normalized spacial score (nSPS) is 11.2. The Bertz CT molecular complexity index is 3710. The number of aromatic nitrogens is 1. The van der Waals surface area contributed by atoms with Gasteiger partial charge in [-0.05, 0) is 128 Å². The minimum absolute atomic E-state index is 1.09. The van der Waals surface area contributed by atoms with Gasteiger partial charge in [0.25, 0.3) is 0 Å². The maximum Gasteiger partial charge on any atom is 0.0541 e. The number of anilines is 3. The van der Waals surface area contributed by atoms with Gasteiger partial charge in [-0.15, -0.1) is 0 Å². The Balaban J connectivity index is 0.994. The number of benzene rings is 11. The molecule has 1 aromatic heterocycles. The van der Waals surface area contributed by atoms with E-state index in [-0.39, 0.29) is 0 Å². The van der Waals surface area contributed by atoms with Crippen molar-refractivity contribution in [3.05, 3.63) is 279 Å². The van der Waals surface area contributed by atoms with Gasteiger partial charge < -0.3 is 9.47 Å². The fraction of sp³-hybridized carbons (Fsp3) is 0. The minimum atomic E-state index is 1.09. The molecular weight excluding hydrogens is 821 g/mol. The highest BCUT2D eigenvalue weighted by atomic mass is 15.1. The van der Waals surface area contributed by atoms with E-state index >= 15 is 0 Å². The van der Waals surface area contributed by atoms with Crippen molar-refractivity contribution in [2.45, 2.75) is 0 Å². The Kier molecular flexibility index (Phi) is 10.6. The predicted molar refractivity (Wildman–Crippen MR) is 288 cm³/mol. The second-order valence-corrected chi connectivity index (χ2v) is 17.3. The van der Waals surface area contributed by atoms with Crippen LogP contribution in [0.25, 0.3) is 94.3 Å². The molecule has 0 atom stereocenters. The third-order valence-electron chi connectivity index (χ3n) is 13.2. The number of rotatable bonds is 10. The zero-order valence-corrected chi connectivity index (χ0v) is 37.5. The first kappa shape index (κ1) is 40.5. The van der Waals surface area contributed by atoms with Crippen LogP contribution in [0.4, 0.5) is 17.1 Å². The van der Waals surface area contributed by atoms with Gasteiger partial charge in [0.2, 0.25) is 0 Å². The van der Waals surface area contributed by atoms with Crippen molar-refractivity contribution in [2.75, 3.05) is 4.90 Å². The third-order valence-corrected chi connectivity index (χ3v) is 13.2. The molecule has 0 spiro atoms. The van der Waals surface area contributed by atoms with Gasteiger partial charge in [-0.1, -0.05) is 212 Å². The molecule has 0 aliphatic carbocycles. The molecule has 0 bridgehead atoms. The molecule has 1 heterocycles. The van der Waals surface area contributed by atoms with Gasteiger partial charge in [-0.3, -0.25) is 0 Å². The summed E-state index contributed by atoms with van der Waals surface area (Å²) in [6.45, 7) is 0.